The van der Waals surface area contributed by atoms with Crippen LogP contribution in [0.3, 0.4) is 0 Å². The van der Waals surface area contributed by atoms with E-state index in [1.165, 1.54) is 6.92 Å². The molecule has 0 unspecified atom stereocenters. The topological polar surface area (TPSA) is 77.0 Å². The summed E-state index contributed by atoms with van der Waals surface area (Å²) in [6, 6.07) is 11.1. The van der Waals surface area contributed by atoms with Gasteiger partial charge in [0.1, 0.15) is 6.61 Å². The minimum Gasteiger partial charge on any atom is -0.493 e. The van der Waals surface area contributed by atoms with Crippen LogP contribution >= 0.6 is 46.0 Å². The number of amidine groups is 1. The molecule has 2 aromatic carbocycles. The van der Waals surface area contributed by atoms with E-state index in [9.17, 15) is 9.59 Å². The van der Waals surface area contributed by atoms with E-state index in [0.29, 0.717) is 28.0 Å². The number of hydrogen-bond donors (Lipinski definition) is 1. The first-order chi connectivity index (χ1) is 13.9. The zero-order valence-electron chi connectivity index (χ0n) is 15.5. The molecule has 1 aliphatic heterocycles. The van der Waals surface area contributed by atoms with Gasteiger partial charge in [0.05, 0.1) is 15.6 Å². The van der Waals surface area contributed by atoms with Gasteiger partial charge >= 0.3 is 0 Å². The smallest absolute Gasteiger partial charge is 0.286 e. The molecule has 0 aromatic heterocycles. The zero-order chi connectivity index (χ0) is 21.0. The van der Waals surface area contributed by atoms with Crippen molar-refractivity contribution >= 4 is 69.0 Å². The van der Waals surface area contributed by atoms with Gasteiger partial charge in [-0.15, -0.1) is 0 Å². The fraction of sp³-hybridized carbons (Fsp3) is 0.150. The lowest BCUT2D eigenvalue weighted by Gasteiger charge is -2.14. The maximum absolute atomic E-state index is 12.1. The molecule has 0 atom stereocenters. The molecule has 0 saturated carbocycles. The molecule has 2 aromatic rings. The van der Waals surface area contributed by atoms with Crippen molar-refractivity contribution in [3.8, 4) is 11.5 Å². The molecule has 1 N–H and O–H groups in total. The summed E-state index contributed by atoms with van der Waals surface area (Å²) in [5, 5.41) is 3.45. The lowest BCUT2D eigenvalue weighted by atomic mass is 10.2. The molecule has 9 heteroatoms. The first-order valence-corrected chi connectivity index (χ1v) is 10.7. The van der Waals surface area contributed by atoms with Crippen LogP contribution in [0.25, 0.3) is 6.08 Å². The summed E-state index contributed by atoms with van der Waals surface area (Å²) in [6.07, 6.45) is 1.71. The third-order valence-electron chi connectivity index (χ3n) is 3.73. The fourth-order valence-electron chi connectivity index (χ4n) is 2.51. The summed E-state index contributed by atoms with van der Waals surface area (Å²) in [7, 11) is 1.56. The number of carbonyl (C=O) groups is 2. The molecule has 0 spiro atoms. The van der Waals surface area contributed by atoms with Crippen molar-refractivity contribution in [1.82, 2.24) is 5.32 Å². The van der Waals surface area contributed by atoms with Gasteiger partial charge in [0.2, 0.25) is 5.91 Å². The number of carbonyl (C=O) groups excluding carboxylic acids is 2. The van der Waals surface area contributed by atoms with Gasteiger partial charge in [0.15, 0.2) is 16.7 Å². The Balaban J connectivity index is 1.80. The van der Waals surface area contributed by atoms with E-state index < -0.39 is 5.91 Å². The molecule has 0 aliphatic carbocycles. The van der Waals surface area contributed by atoms with Crippen LogP contribution in [0.1, 0.15) is 18.1 Å². The monoisotopic (exact) mass is 542 g/mol. The highest BCUT2D eigenvalue weighted by molar-refractivity contribution is 14.1. The Hall–Kier alpha value is -2.04. The quantitative estimate of drug-likeness (QED) is 0.440. The number of ether oxygens (including phenoxy) is 2. The van der Waals surface area contributed by atoms with E-state index in [1.807, 2.05) is 24.3 Å². The molecular formula is C20H16ClIN2O4S. The maximum Gasteiger partial charge on any atom is 0.286 e. The van der Waals surface area contributed by atoms with Gasteiger partial charge in [-0.3, -0.25) is 9.59 Å². The molecule has 0 radical (unpaired) electrons. The van der Waals surface area contributed by atoms with Crippen molar-refractivity contribution in [2.75, 3.05) is 7.11 Å². The van der Waals surface area contributed by atoms with E-state index in [-0.39, 0.29) is 11.1 Å². The Morgan fingerprint density at radius 2 is 2.14 bits per heavy atom. The third-order valence-corrected chi connectivity index (χ3v) is 5.66. The lowest BCUT2D eigenvalue weighted by Crippen LogP contribution is -2.23. The van der Waals surface area contributed by atoms with Crippen LogP contribution < -0.4 is 14.8 Å². The van der Waals surface area contributed by atoms with E-state index in [1.54, 1.807) is 25.3 Å². The van der Waals surface area contributed by atoms with Gasteiger partial charge in [-0.25, -0.2) is 0 Å². The second-order valence-electron chi connectivity index (χ2n) is 5.97. The summed E-state index contributed by atoms with van der Waals surface area (Å²) in [5.74, 6) is 0.483. The zero-order valence-corrected chi connectivity index (χ0v) is 19.2. The Bertz CT molecular complexity index is 1040. The van der Waals surface area contributed by atoms with Crippen LogP contribution in [0.15, 0.2) is 46.3 Å². The van der Waals surface area contributed by atoms with Crippen LogP contribution in [0.5, 0.6) is 11.5 Å². The van der Waals surface area contributed by atoms with Gasteiger partial charge in [-0.05, 0) is 75.8 Å². The Kier molecular flexibility index (Phi) is 7.20. The second kappa shape index (κ2) is 9.64. The molecule has 2 amide bonds. The number of thioether (sulfide) groups is 1. The number of nitrogens with zero attached hydrogens (tertiary/aromatic N) is 1. The summed E-state index contributed by atoms with van der Waals surface area (Å²) < 4.78 is 12.3. The molecule has 29 heavy (non-hydrogen) atoms. The average molecular weight is 543 g/mol. The highest BCUT2D eigenvalue weighted by Gasteiger charge is 2.23. The molecule has 1 aliphatic rings. The second-order valence-corrected chi connectivity index (χ2v) is 8.60. The highest BCUT2D eigenvalue weighted by atomic mass is 127. The Morgan fingerprint density at radius 1 is 1.34 bits per heavy atom. The molecular weight excluding hydrogens is 527 g/mol. The van der Waals surface area contributed by atoms with Crippen molar-refractivity contribution in [2.24, 2.45) is 4.99 Å². The summed E-state index contributed by atoms with van der Waals surface area (Å²) in [4.78, 5) is 27.5. The van der Waals surface area contributed by atoms with Crippen LogP contribution in [0.4, 0.5) is 0 Å². The number of amides is 2. The molecule has 6 nitrogen and oxygen atoms in total. The third kappa shape index (κ3) is 5.74. The van der Waals surface area contributed by atoms with E-state index in [2.05, 4.69) is 32.9 Å². The minimum absolute atomic E-state index is 0.275. The SMILES string of the molecule is COc1cc(/C=C2\SC(NC(C)=O)=NC2=O)cc(I)c1OCc1cccc(Cl)c1. The molecule has 0 fully saturated rings. The molecule has 150 valence electrons. The van der Waals surface area contributed by atoms with Gasteiger partial charge in [0.25, 0.3) is 5.91 Å². The maximum atomic E-state index is 12.1. The van der Waals surface area contributed by atoms with Crippen molar-refractivity contribution in [1.29, 1.82) is 0 Å². The first-order valence-electron chi connectivity index (χ1n) is 8.40. The van der Waals surface area contributed by atoms with Crippen molar-refractivity contribution < 1.29 is 19.1 Å². The average Bonchev–Trinajstić information content (AvgIpc) is 2.98. The predicted octanol–water partition coefficient (Wildman–Crippen LogP) is 4.64. The summed E-state index contributed by atoms with van der Waals surface area (Å²) in [6.45, 7) is 1.71. The number of hydrogen-bond acceptors (Lipinski definition) is 5. The van der Waals surface area contributed by atoms with Crippen LogP contribution in [-0.4, -0.2) is 24.1 Å². The van der Waals surface area contributed by atoms with Crippen LogP contribution in [-0.2, 0) is 16.2 Å². The highest BCUT2D eigenvalue weighted by Crippen LogP contribution is 2.36. The minimum atomic E-state index is -0.394. The first kappa shape index (κ1) is 21.7. The Labute approximate surface area is 190 Å². The number of methoxy groups -OCH3 is 1. The van der Waals surface area contributed by atoms with Gasteiger partial charge in [0, 0.05) is 11.9 Å². The number of aliphatic imine (C=N–C) groups is 1. The standard InChI is InChI=1S/C20H16ClIN2O4S/c1-11(25)23-20-24-19(26)17(29-20)9-13-7-15(22)18(16(8-13)27-2)28-10-12-4-3-5-14(21)6-12/h3-9H,10H2,1-2H3,(H,23,24,25,26)/b17-9-. The lowest BCUT2D eigenvalue weighted by molar-refractivity contribution is -0.117. The molecule has 1 heterocycles. The largest absolute Gasteiger partial charge is 0.493 e. The molecule has 3 rings (SSSR count). The van der Waals surface area contributed by atoms with Crippen LogP contribution in [0, 0.1) is 3.57 Å². The van der Waals surface area contributed by atoms with Gasteiger partial charge in [-0.1, -0.05) is 23.7 Å². The van der Waals surface area contributed by atoms with Crippen LogP contribution in [0.2, 0.25) is 5.02 Å². The van der Waals surface area contributed by atoms with Crippen molar-refractivity contribution in [2.45, 2.75) is 13.5 Å². The predicted molar refractivity (Wildman–Crippen MR) is 123 cm³/mol. The van der Waals surface area contributed by atoms with Crippen molar-refractivity contribution in [3.63, 3.8) is 0 Å². The summed E-state index contributed by atoms with van der Waals surface area (Å²) in [5.41, 5.74) is 1.70. The number of nitrogens with one attached hydrogen (secondary N) is 1. The number of rotatable bonds is 5. The number of halogens is 2. The van der Waals surface area contributed by atoms with E-state index in [4.69, 9.17) is 21.1 Å². The van der Waals surface area contributed by atoms with Gasteiger partial charge in [-0.2, -0.15) is 4.99 Å². The Morgan fingerprint density at radius 3 is 2.83 bits per heavy atom. The molecule has 0 saturated heterocycles. The van der Waals surface area contributed by atoms with E-state index in [0.717, 1.165) is 26.5 Å². The molecule has 0 bridgehead atoms. The van der Waals surface area contributed by atoms with E-state index >= 15 is 0 Å². The fourth-order valence-corrected chi connectivity index (χ4v) is 4.36. The van der Waals surface area contributed by atoms with Crippen molar-refractivity contribution in [3.05, 3.63) is 61.0 Å². The normalized spacial score (nSPS) is 14.7. The number of benzene rings is 2. The van der Waals surface area contributed by atoms with Gasteiger partial charge < -0.3 is 14.8 Å². The summed E-state index contributed by atoms with van der Waals surface area (Å²) >= 11 is 9.29.